The van der Waals surface area contributed by atoms with Crippen molar-refractivity contribution in [2.24, 2.45) is 11.5 Å². The second kappa shape index (κ2) is 5.11. The summed E-state index contributed by atoms with van der Waals surface area (Å²) >= 11 is 0. The summed E-state index contributed by atoms with van der Waals surface area (Å²) in [4.78, 5) is 21.6. The first kappa shape index (κ1) is 11.2. The Hall–Kier alpha value is -1.88. The molecule has 1 atom stereocenters. The van der Waals surface area contributed by atoms with Crippen molar-refractivity contribution in [3.63, 3.8) is 0 Å². The van der Waals surface area contributed by atoms with Crippen molar-refractivity contribution in [2.75, 3.05) is 6.61 Å². The molecule has 80 valence electrons. The summed E-state index contributed by atoms with van der Waals surface area (Å²) in [5.41, 5.74) is 10.6. The van der Waals surface area contributed by atoms with Crippen LogP contribution in [0.1, 0.15) is 11.7 Å². The van der Waals surface area contributed by atoms with Crippen molar-refractivity contribution in [3.8, 4) is 0 Å². The Morgan fingerprint density at radius 3 is 2.27 bits per heavy atom. The zero-order valence-corrected chi connectivity index (χ0v) is 8.05. The fourth-order valence-corrected chi connectivity index (χ4v) is 1.14. The van der Waals surface area contributed by atoms with Crippen LogP contribution in [-0.4, -0.2) is 18.4 Å². The van der Waals surface area contributed by atoms with Gasteiger partial charge in [0.05, 0.1) is 0 Å². The summed E-state index contributed by atoms with van der Waals surface area (Å²) < 4.78 is 5.00. The summed E-state index contributed by atoms with van der Waals surface area (Å²) in [5.74, 6) is -1.29. The van der Waals surface area contributed by atoms with Crippen LogP contribution in [-0.2, 0) is 14.3 Å². The Morgan fingerprint density at radius 1 is 1.20 bits per heavy atom. The molecule has 1 aromatic carbocycles. The van der Waals surface area contributed by atoms with Crippen molar-refractivity contribution in [1.82, 2.24) is 0 Å². The first-order valence-corrected chi connectivity index (χ1v) is 4.35. The normalized spacial score (nSPS) is 12.0. The molecule has 0 aliphatic heterocycles. The monoisotopic (exact) mass is 208 g/mol. The minimum absolute atomic E-state index is 0.331. The van der Waals surface area contributed by atoms with E-state index in [9.17, 15) is 9.59 Å². The average molecular weight is 208 g/mol. The van der Waals surface area contributed by atoms with Crippen LogP contribution < -0.4 is 11.5 Å². The minimum Gasteiger partial charge on any atom is -0.368 e. The third-order valence-electron chi connectivity index (χ3n) is 1.75. The predicted molar refractivity (Wildman–Crippen MR) is 53.5 cm³/mol. The molecule has 15 heavy (non-hydrogen) atoms. The van der Waals surface area contributed by atoms with Crippen LogP contribution >= 0.6 is 0 Å². The predicted octanol–water partition coefficient (Wildman–Crippen LogP) is -0.285. The molecule has 4 N–H and O–H groups in total. The van der Waals surface area contributed by atoms with Crippen LogP contribution in [0.25, 0.3) is 0 Å². The number of carbonyl (C=O) groups excluding carboxylic acids is 2. The minimum atomic E-state index is -0.932. The van der Waals surface area contributed by atoms with E-state index >= 15 is 0 Å². The maximum absolute atomic E-state index is 11.1. The summed E-state index contributed by atoms with van der Waals surface area (Å²) in [6.07, 6.45) is -0.932. The summed E-state index contributed by atoms with van der Waals surface area (Å²) in [6, 6.07) is 8.68. The molecule has 0 unspecified atom stereocenters. The molecule has 0 aromatic heterocycles. The van der Waals surface area contributed by atoms with Gasteiger partial charge in [-0.15, -0.1) is 0 Å². The number of hydrogen-bond acceptors (Lipinski definition) is 3. The topological polar surface area (TPSA) is 95.4 Å². The van der Waals surface area contributed by atoms with Crippen molar-refractivity contribution >= 4 is 11.8 Å². The number of rotatable bonds is 5. The van der Waals surface area contributed by atoms with E-state index in [1.165, 1.54) is 0 Å². The molecule has 0 spiro atoms. The van der Waals surface area contributed by atoms with Crippen molar-refractivity contribution in [1.29, 1.82) is 0 Å². The molecular weight excluding hydrogens is 196 g/mol. The molecule has 5 heteroatoms. The van der Waals surface area contributed by atoms with E-state index in [2.05, 4.69) is 0 Å². The lowest BCUT2D eigenvalue weighted by molar-refractivity contribution is -0.134. The number of ether oxygens (including phenoxy) is 1. The van der Waals surface area contributed by atoms with Crippen molar-refractivity contribution in [3.05, 3.63) is 35.9 Å². The van der Waals surface area contributed by atoms with E-state index in [0.29, 0.717) is 5.56 Å². The third kappa shape index (κ3) is 3.40. The molecule has 2 amide bonds. The second-order valence-corrected chi connectivity index (χ2v) is 2.97. The molecule has 0 saturated heterocycles. The maximum Gasteiger partial charge on any atom is 0.251 e. The molecule has 0 heterocycles. The van der Waals surface area contributed by atoms with Gasteiger partial charge < -0.3 is 16.2 Å². The van der Waals surface area contributed by atoms with Gasteiger partial charge in [0.1, 0.15) is 6.61 Å². The molecule has 0 bridgehead atoms. The lowest BCUT2D eigenvalue weighted by Crippen LogP contribution is -2.28. The molecule has 0 saturated carbocycles. The highest BCUT2D eigenvalue weighted by molar-refractivity contribution is 5.81. The van der Waals surface area contributed by atoms with Crippen LogP contribution in [0.2, 0.25) is 0 Å². The first-order valence-electron chi connectivity index (χ1n) is 4.35. The molecule has 0 fully saturated rings. The molecule has 1 rings (SSSR count). The van der Waals surface area contributed by atoms with Gasteiger partial charge in [-0.3, -0.25) is 9.59 Å². The summed E-state index contributed by atoms with van der Waals surface area (Å²) in [6.45, 7) is -0.331. The molecule has 0 aliphatic rings. The third-order valence-corrected chi connectivity index (χ3v) is 1.75. The van der Waals surface area contributed by atoms with Gasteiger partial charge in [-0.25, -0.2) is 0 Å². The number of hydrogen-bond donors (Lipinski definition) is 2. The van der Waals surface area contributed by atoms with Crippen LogP contribution in [0.5, 0.6) is 0 Å². The molecule has 0 aliphatic carbocycles. The van der Waals surface area contributed by atoms with E-state index in [1.54, 1.807) is 30.3 Å². The zero-order valence-electron chi connectivity index (χ0n) is 8.05. The highest BCUT2D eigenvalue weighted by Gasteiger charge is 2.18. The Balaban J connectivity index is 2.75. The number of benzene rings is 1. The number of primary amides is 2. The van der Waals surface area contributed by atoms with E-state index in [4.69, 9.17) is 16.2 Å². The van der Waals surface area contributed by atoms with Gasteiger partial charge in [-0.05, 0) is 5.56 Å². The largest absolute Gasteiger partial charge is 0.368 e. The van der Waals surface area contributed by atoms with E-state index in [-0.39, 0.29) is 6.61 Å². The van der Waals surface area contributed by atoms with Crippen LogP contribution in [0.3, 0.4) is 0 Å². The second-order valence-electron chi connectivity index (χ2n) is 2.97. The smallest absolute Gasteiger partial charge is 0.251 e. The average Bonchev–Trinajstić information content (AvgIpc) is 2.18. The van der Waals surface area contributed by atoms with Crippen molar-refractivity contribution < 1.29 is 14.3 Å². The Bertz CT molecular complexity index is 351. The standard InChI is InChI=1S/C10H12N2O3/c11-8(13)6-15-9(10(12)14)7-4-2-1-3-5-7/h1-5,9H,6H2,(H2,11,13)(H2,12,14)/t9-/m0/s1. The van der Waals surface area contributed by atoms with Crippen LogP contribution in [0, 0.1) is 0 Å². The van der Waals surface area contributed by atoms with Gasteiger partial charge in [-0.1, -0.05) is 30.3 Å². The van der Waals surface area contributed by atoms with Crippen LogP contribution in [0.15, 0.2) is 30.3 Å². The lowest BCUT2D eigenvalue weighted by atomic mass is 10.1. The van der Waals surface area contributed by atoms with E-state index < -0.39 is 17.9 Å². The van der Waals surface area contributed by atoms with Gasteiger partial charge in [-0.2, -0.15) is 0 Å². The van der Waals surface area contributed by atoms with Gasteiger partial charge in [0, 0.05) is 0 Å². The van der Waals surface area contributed by atoms with Gasteiger partial charge in [0.15, 0.2) is 6.10 Å². The number of amides is 2. The molecule has 1 aromatic rings. The van der Waals surface area contributed by atoms with Crippen molar-refractivity contribution in [2.45, 2.75) is 6.10 Å². The fourth-order valence-electron chi connectivity index (χ4n) is 1.14. The highest BCUT2D eigenvalue weighted by atomic mass is 16.5. The summed E-state index contributed by atoms with van der Waals surface area (Å²) in [7, 11) is 0. The maximum atomic E-state index is 11.1. The molecule has 5 nitrogen and oxygen atoms in total. The van der Waals surface area contributed by atoms with Gasteiger partial charge in [0.25, 0.3) is 5.91 Å². The van der Waals surface area contributed by atoms with E-state index in [0.717, 1.165) is 0 Å². The number of carbonyl (C=O) groups is 2. The van der Waals surface area contributed by atoms with Crippen LogP contribution in [0.4, 0.5) is 0 Å². The zero-order chi connectivity index (χ0) is 11.3. The SMILES string of the molecule is NC(=O)CO[C@H](C(N)=O)c1ccccc1. The van der Waals surface area contributed by atoms with Gasteiger partial charge >= 0.3 is 0 Å². The lowest BCUT2D eigenvalue weighted by Gasteiger charge is -2.13. The Labute approximate surface area is 87.0 Å². The Kier molecular flexibility index (Phi) is 3.82. The number of nitrogens with two attached hydrogens (primary N) is 2. The Morgan fingerprint density at radius 2 is 1.80 bits per heavy atom. The highest BCUT2D eigenvalue weighted by Crippen LogP contribution is 2.15. The quantitative estimate of drug-likeness (QED) is 0.696. The van der Waals surface area contributed by atoms with Gasteiger partial charge in [0.2, 0.25) is 5.91 Å². The summed E-state index contributed by atoms with van der Waals surface area (Å²) in [5, 5.41) is 0. The molecular formula is C10H12N2O3. The van der Waals surface area contributed by atoms with E-state index in [1.807, 2.05) is 0 Å². The molecule has 0 radical (unpaired) electrons. The first-order chi connectivity index (χ1) is 7.11. The fraction of sp³-hybridized carbons (Fsp3) is 0.200.